The van der Waals surface area contributed by atoms with E-state index in [4.69, 9.17) is 16.0 Å². The van der Waals surface area contributed by atoms with Gasteiger partial charge in [0.15, 0.2) is 11.3 Å². The molecule has 0 bridgehead atoms. The number of nitrogens with one attached hydrogen (secondary N) is 1. The Hall–Kier alpha value is -3.59. The SMILES string of the molecule is Cc1[nH]c2c(-c3ccccc3)c(C(F)(F)F)nn2c(=O)c1-c1nc2cc(Cl)ccc2o1. The maximum Gasteiger partial charge on any atom is 0.435 e. The molecule has 5 rings (SSSR count). The van der Waals surface area contributed by atoms with Crippen LogP contribution in [-0.2, 0) is 6.18 Å². The predicted molar refractivity (Wildman–Crippen MR) is 109 cm³/mol. The van der Waals surface area contributed by atoms with Crippen LogP contribution < -0.4 is 5.56 Å². The van der Waals surface area contributed by atoms with Gasteiger partial charge >= 0.3 is 6.18 Å². The van der Waals surface area contributed by atoms with Crippen LogP contribution in [0.5, 0.6) is 0 Å². The van der Waals surface area contributed by atoms with Gasteiger partial charge in [-0.1, -0.05) is 41.9 Å². The molecule has 10 heteroatoms. The van der Waals surface area contributed by atoms with Crippen molar-refractivity contribution in [1.29, 1.82) is 0 Å². The Morgan fingerprint density at radius 3 is 2.55 bits per heavy atom. The van der Waals surface area contributed by atoms with Gasteiger partial charge in [0.25, 0.3) is 5.56 Å². The summed E-state index contributed by atoms with van der Waals surface area (Å²) in [5.74, 6) is -0.0387. The van der Waals surface area contributed by atoms with Gasteiger partial charge in [0.1, 0.15) is 16.7 Å². The Balaban J connectivity index is 1.83. The van der Waals surface area contributed by atoms with Crippen LogP contribution in [0, 0.1) is 6.92 Å². The molecule has 3 heterocycles. The first kappa shape index (κ1) is 19.4. The molecule has 0 aliphatic carbocycles. The van der Waals surface area contributed by atoms with Crippen molar-refractivity contribution in [2.45, 2.75) is 13.1 Å². The molecule has 0 fully saturated rings. The van der Waals surface area contributed by atoms with Crippen molar-refractivity contribution in [3.63, 3.8) is 0 Å². The Morgan fingerprint density at radius 1 is 1.10 bits per heavy atom. The van der Waals surface area contributed by atoms with Crippen LogP contribution in [0.1, 0.15) is 11.4 Å². The van der Waals surface area contributed by atoms with Crippen molar-refractivity contribution in [2.75, 3.05) is 0 Å². The molecule has 5 aromatic rings. The number of aryl methyl sites for hydroxylation is 1. The van der Waals surface area contributed by atoms with Crippen LogP contribution in [0.25, 0.3) is 39.3 Å². The number of benzene rings is 2. The van der Waals surface area contributed by atoms with Crippen LogP contribution in [0.2, 0.25) is 5.02 Å². The zero-order chi connectivity index (χ0) is 21.9. The Kier molecular flexibility index (Phi) is 4.19. The Labute approximate surface area is 176 Å². The Bertz CT molecular complexity index is 1520. The maximum absolute atomic E-state index is 13.8. The normalized spacial score (nSPS) is 12.2. The number of rotatable bonds is 2. The lowest BCUT2D eigenvalue weighted by atomic mass is 10.1. The summed E-state index contributed by atoms with van der Waals surface area (Å²) in [7, 11) is 0. The number of hydrogen-bond donors (Lipinski definition) is 1. The van der Waals surface area contributed by atoms with E-state index in [1.807, 2.05) is 0 Å². The van der Waals surface area contributed by atoms with Crippen molar-refractivity contribution in [3.05, 3.63) is 75.3 Å². The molecule has 0 aliphatic rings. The minimum Gasteiger partial charge on any atom is -0.436 e. The zero-order valence-corrected chi connectivity index (χ0v) is 16.5. The number of halogens is 4. The van der Waals surface area contributed by atoms with E-state index in [9.17, 15) is 18.0 Å². The zero-order valence-electron chi connectivity index (χ0n) is 15.8. The van der Waals surface area contributed by atoms with Gasteiger partial charge in [-0.25, -0.2) is 4.98 Å². The minimum atomic E-state index is -4.76. The highest BCUT2D eigenvalue weighted by molar-refractivity contribution is 6.31. The van der Waals surface area contributed by atoms with Crippen LogP contribution in [0.3, 0.4) is 0 Å². The first-order valence-electron chi connectivity index (χ1n) is 9.09. The molecule has 3 aromatic heterocycles. The summed E-state index contributed by atoms with van der Waals surface area (Å²) in [6.45, 7) is 1.56. The smallest absolute Gasteiger partial charge is 0.435 e. The third kappa shape index (κ3) is 3.09. The van der Waals surface area contributed by atoms with Crippen molar-refractivity contribution in [3.8, 4) is 22.6 Å². The summed E-state index contributed by atoms with van der Waals surface area (Å²) in [4.78, 5) is 20.4. The monoisotopic (exact) mass is 444 g/mol. The summed E-state index contributed by atoms with van der Waals surface area (Å²) < 4.78 is 47.7. The number of hydrogen-bond acceptors (Lipinski definition) is 4. The quantitative estimate of drug-likeness (QED) is 0.391. The Morgan fingerprint density at radius 2 is 1.84 bits per heavy atom. The number of H-pyrrole nitrogens is 1. The topological polar surface area (TPSA) is 76.2 Å². The molecule has 156 valence electrons. The molecular formula is C21H12ClF3N4O2. The van der Waals surface area contributed by atoms with E-state index in [0.717, 1.165) is 0 Å². The van der Waals surface area contributed by atoms with Gasteiger partial charge in [-0.3, -0.25) is 4.79 Å². The standard InChI is InChI=1S/C21H12ClF3N4O2/c1-10-15(19-27-13-9-12(22)7-8-14(13)31-19)20(30)29-18(26-10)16(11-5-3-2-4-6-11)17(28-29)21(23,24)25/h2-9,26H,1H3. The molecule has 2 aromatic carbocycles. The number of aromatic nitrogens is 4. The van der Waals surface area contributed by atoms with Crippen molar-refractivity contribution >= 4 is 28.3 Å². The van der Waals surface area contributed by atoms with Gasteiger partial charge < -0.3 is 9.40 Å². The van der Waals surface area contributed by atoms with Gasteiger partial charge in [-0.2, -0.15) is 22.8 Å². The van der Waals surface area contributed by atoms with Crippen molar-refractivity contribution < 1.29 is 17.6 Å². The lowest BCUT2D eigenvalue weighted by molar-refractivity contribution is -0.140. The van der Waals surface area contributed by atoms with E-state index >= 15 is 0 Å². The third-order valence-corrected chi connectivity index (χ3v) is 5.10. The molecule has 0 saturated heterocycles. The summed E-state index contributed by atoms with van der Waals surface area (Å²) in [6, 6.07) is 12.7. The van der Waals surface area contributed by atoms with Gasteiger partial charge in [-0.05, 0) is 30.7 Å². The molecule has 0 aliphatic heterocycles. The molecule has 6 nitrogen and oxygen atoms in total. The fourth-order valence-corrected chi connectivity index (χ4v) is 3.69. The minimum absolute atomic E-state index is 0.0179. The third-order valence-electron chi connectivity index (χ3n) is 4.87. The highest BCUT2D eigenvalue weighted by Gasteiger charge is 2.39. The highest BCUT2D eigenvalue weighted by atomic mass is 35.5. The molecule has 0 amide bonds. The molecule has 0 spiro atoms. The first-order valence-corrected chi connectivity index (χ1v) is 9.46. The predicted octanol–water partition coefficient (Wildman–Crippen LogP) is 5.48. The lowest BCUT2D eigenvalue weighted by Gasteiger charge is -2.07. The number of nitrogens with zero attached hydrogens (tertiary/aromatic N) is 3. The van der Waals surface area contributed by atoms with Gasteiger partial charge in [0.05, 0.1) is 5.56 Å². The molecule has 31 heavy (non-hydrogen) atoms. The summed E-state index contributed by atoms with van der Waals surface area (Å²) in [6.07, 6.45) is -4.76. The van der Waals surface area contributed by atoms with E-state index in [1.165, 1.54) is 12.1 Å². The van der Waals surface area contributed by atoms with Crippen molar-refractivity contribution in [2.24, 2.45) is 0 Å². The molecular weight excluding hydrogens is 433 g/mol. The average Bonchev–Trinajstić information content (AvgIpc) is 3.29. The van der Waals surface area contributed by atoms with Crippen LogP contribution in [-0.4, -0.2) is 19.6 Å². The number of oxazole rings is 1. The molecule has 0 radical (unpaired) electrons. The second kappa shape index (κ2) is 6.71. The van der Waals surface area contributed by atoms with Crippen molar-refractivity contribution in [1.82, 2.24) is 19.6 Å². The summed E-state index contributed by atoms with van der Waals surface area (Å²) in [5.41, 5.74) is -0.846. The van der Waals surface area contributed by atoms with E-state index < -0.39 is 17.4 Å². The fourth-order valence-electron chi connectivity index (χ4n) is 3.52. The van der Waals surface area contributed by atoms with Gasteiger partial charge in [0.2, 0.25) is 5.89 Å². The van der Waals surface area contributed by atoms with E-state index in [2.05, 4.69) is 15.1 Å². The van der Waals surface area contributed by atoms with Crippen LogP contribution >= 0.6 is 11.6 Å². The van der Waals surface area contributed by atoms with E-state index in [1.54, 1.807) is 43.3 Å². The second-order valence-electron chi connectivity index (χ2n) is 6.91. The van der Waals surface area contributed by atoms with E-state index in [-0.39, 0.29) is 28.2 Å². The first-order chi connectivity index (χ1) is 14.7. The van der Waals surface area contributed by atoms with Gasteiger partial charge in [0, 0.05) is 10.7 Å². The van der Waals surface area contributed by atoms with Crippen LogP contribution in [0.15, 0.2) is 57.7 Å². The molecule has 0 atom stereocenters. The molecule has 0 saturated carbocycles. The van der Waals surface area contributed by atoms with Gasteiger partial charge in [-0.15, -0.1) is 0 Å². The lowest BCUT2D eigenvalue weighted by Crippen LogP contribution is -2.19. The molecule has 0 unspecified atom stereocenters. The fraction of sp³-hybridized carbons (Fsp3) is 0.0952. The van der Waals surface area contributed by atoms with Crippen LogP contribution in [0.4, 0.5) is 13.2 Å². The largest absolute Gasteiger partial charge is 0.436 e. The maximum atomic E-state index is 13.8. The summed E-state index contributed by atoms with van der Waals surface area (Å²) >= 11 is 5.97. The summed E-state index contributed by atoms with van der Waals surface area (Å²) in [5, 5.41) is 4.05. The molecule has 1 N–H and O–H groups in total. The number of aromatic amines is 1. The average molecular weight is 445 g/mol. The highest BCUT2D eigenvalue weighted by Crippen LogP contribution is 2.38. The van der Waals surface area contributed by atoms with E-state index in [0.29, 0.717) is 26.3 Å². The number of fused-ring (bicyclic) bond motifs is 2. The number of alkyl halides is 3. The second-order valence-corrected chi connectivity index (χ2v) is 7.35.